The van der Waals surface area contributed by atoms with Crippen LogP contribution < -0.4 is 10.2 Å². The molecule has 84 valence electrons. The summed E-state index contributed by atoms with van der Waals surface area (Å²) in [4.78, 5) is 6.49. The van der Waals surface area contributed by atoms with Gasteiger partial charge < -0.3 is 15.3 Å². The Hall–Kier alpha value is -1.14. The molecule has 0 aromatic carbocycles. The van der Waals surface area contributed by atoms with E-state index in [9.17, 15) is 5.11 Å². The number of aliphatic hydroxyl groups excluding tert-OH is 1. The van der Waals surface area contributed by atoms with Crippen molar-refractivity contribution in [1.29, 1.82) is 0 Å². The predicted molar refractivity (Wildman–Crippen MR) is 56.8 cm³/mol. The minimum absolute atomic E-state index is 0.629. The molecule has 0 spiro atoms. The van der Waals surface area contributed by atoms with Crippen LogP contribution in [0.1, 0.15) is 19.0 Å². The average molecular weight is 211 g/mol. The number of rotatable bonds is 2. The van der Waals surface area contributed by atoms with Crippen LogP contribution in [0, 0.1) is 6.92 Å². The number of nitrogens with zero attached hydrogens (tertiary/aromatic N) is 4. The van der Waals surface area contributed by atoms with E-state index >= 15 is 0 Å². The second-order valence-corrected chi connectivity index (χ2v) is 3.77. The van der Waals surface area contributed by atoms with Crippen molar-refractivity contribution in [3.63, 3.8) is 0 Å². The van der Waals surface area contributed by atoms with Gasteiger partial charge in [-0.3, -0.25) is 0 Å². The zero-order valence-corrected chi connectivity index (χ0v) is 9.14. The molecule has 6 heteroatoms. The number of hydrogen-bond acceptors (Lipinski definition) is 5. The molecule has 1 saturated heterocycles. The molecule has 1 aliphatic heterocycles. The highest BCUT2D eigenvalue weighted by Crippen LogP contribution is 2.15. The maximum Gasteiger partial charge on any atom is 0.226 e. The van der Waals surface area contributed by atoms with Gasteiger partial charge in [0.1, 0.15) is 12.1 Å². The van der Waals surface area contributed by atoms with E-state index in [4.69, 9.17) is 0 Å². The van der Waals surface area contributed by atoms with Crippen molar-refractivity contribution in [3.8, 4) is 0 Å². The predicted octanol–water partition coefficient (Wildman–Crippen LogP) is -0.493. The number of piperazine rings is 1. The molecule has 1 aliphatic rings. The fraction of sp³-hybridized carbons (Fsp3) is 0.778. The first kappa shape index (κ1) is 10.4. The zero-order chi connectivity index (χ0) is 10.8. The Balaban J connectivity index is 2.25. The Bertz CT molecular complexity index is 329. The first-order valence-electron chi connectivity index (χ1n) is 5.25. The molecule has 0 saturated carbocycles. The van der Waals surface area contributed by atoms with E-state index in [0.29, 0.717) is 5.82 Å². The minimum Gasteiger partial charge on any atom is -0.372 e. The van der Waals surface area contributed by atoms with E-state index in [0.717, 1.165) is 32.1 Å². The molecule has 2 heterocycles. The van der Waals surface area contributed by atoms with Crippen molar-refractivity contribution in [3.05, 3.63) is 5.82 Å². The summed E-state index contributed by atoms with van der Waals surface area (Å²) in [6.45, 7) is 7.25. The molecular formula is C9H17N5O. The lowest BCUT2D eigenvalue weighted by Gasteiger charge is -2.28. The van der Waals surface area contributed by atoms with Crippen LogP contribution in [0.4, 0.5) is 5.95 Å². The van der Waals surface area contributed by atoms with Crippen LogP contribution in [-0.2, 0) is 0 Å². The number of aliphatic hydroxyl groups is 1. The fourth-order valence-corrected chi connectivity index (χ4v) is 1.75. The fourth-order valence-electron chi connectivity index (χ4n) is 1.75. The lowest BCUT2D eigenvalue weighted by molar-refractivity contribution is 0.111. The van der Waals surface area contributed by atoms with Crippen LogP contribution in [-0.4, -0.2) is 46.1 Å². The van der Waals surface area contributed by atoms with Crippen LogP contribution in [0.5, 0.6) is 0 Å². The Kier molecular flexibility index (Phi) is 2.88. The van der Waals surface area contributed by atoms with Crippen LogP contribution in [0.25, 0.3) is 0 Å². The van der Waals surface area contributed by atoms with Gasteiger partial charge in [0.05, 0.1) is 0 Å². The molecule has 1 aromatic heterocycles. The zero-order valence-electron chi connectivity index (χ0n) is 9.14. The summed E-state index contributed by atoms with van der Waals surface area (Å²) in [7, 11) is 0. The molecule has 1 aromatic rings. The van der Waals surface area contributed by atoms with Crippen molar-refractivity contribution >= 4 is 5.95 Å². The number of aryl methyl sites for hydroxylation is 1. The summed E-state index contributed by atoms with van der Waals surface area (Å²) in [5.74, 6) is 1.47. The molecule has 0 amide bonds. The molecule has 1 fully saturated rings. The monoisotopic (exact) mass is 211 g/mol. The Morgan fingerprint density at radius 3 is 2.67 bits per heavy atom. The maximum atomic E-state index is 9.57. The van der Waals surface area contributed by atoms with Crippen LogP contribution in [0.3, 0.4) is 0 Å². The molecule has 1 atom stereocenters. The molecule has 0 bridgehead atoms. The summed E-state index contributed by atoms with van der Waals surface area (Å²) in [6.07, 6.45) is -0.629. The van der Waals surface area contributed by atoms with Gasteiger partial charge in [-0.2, -0.15) is 10.1 Å². The molecule has 15 heavy (non-hydrogen) atoms. The second-order valence-electron chi connectivity index (χ2n) is 3.77. The number of nitrogens with one attached hydrogen (secondary N) is 1. The van der Waals surface area contributed by atoms with E-state index in [-0.39, 0.29) is 0 Å². The van der Waals surface area contributed by atoms with Gasteiger partial charge in [-0.15, -0.1) is 0 Å². The van der Waals surface area contributed by atoms with Crippen molar-refractivity contribution in [1.82, 2.24) is 20.1 Å². The number of aromatic nitrogens is 3. The Morgan fingerprint density at radius 2 is 2.07 bits per heavy atom. The van der Waals surface area contributed by atoms with E-state index in [1.54, 1.807) is 11.6 Å². The molecule has 2 N–H and O–H groups in total. The van der Waals surface area contributed by atoms with Gasteiger partial charge >= 0.3 is 0 Å². The van der Waals surface area contributed by atoms with Gasteiger partial charge in [0.2, 0.25) is 5.95 Å². The molecule has 1 unspecified atom stereocenters. The molecule has 6 nitrogen and oxygen atoms in total. The topological polar surface area (TPSA) is 66.2 Å². The van der Waals surface area contributed by atoms with Gasteiger partial charge in [0, 0.05) is 26.2 Å². The molecule has 0 aliphatic carbocycles. The minimum atomic E-state index is -0.629. The average Bonchev–Trinajstić information content (AvgIpc) is 2.62. The molecular weight excluding hydrogens is 194 g/mol. The Morgan fingerprint density at radius 1 is 1.40 bits per heavy atom. The summed E-state index contributed by atoms with van der Waals surface area (Å²) >= 11 is 0. The first-order chi connectivity index (χ1) is 7.18. The van der Waals surface area contributed by atoms with Gasteiger partial charge in [-0.25, -0.2) is 4.68 Å². The standard InChI is InChI=1S/C9H17N5O/c1-7-11-9(14(12-7)8(2)15)13-5-3-10-4-6-13/h8,10,15H,3-6H2,1-2H3. The lowest BCUT2D eigenvalue weighted by Crippen LogP contribution is -2.44. The van der Waals surface area contributed by atoms with Crippen molar-refractivity contribution in [2.75, 3.05) is 31.1 Å². The van der Waals surface area contributed by atoms with E-state index in [2.05, 4.69) is 20.3 Å². The third-order valence-electron chi connectivity index (χ3n) is 2.47. The normalized spacial score (nSPS) is 19.3. The lowest BCUT2D eigenvalue weighted by atomic mass is 10.4. The van der Waals surface area contributed by atoms with Crippen LogP contribution in [0.2, 0.25) is 0 Å². The van der Waals surface area contributed by atoms with Gasteiger partial charge in [0.15, 0.2) is 0 Å². The van der Waals surface area contributed by atoms with E-state index in [1.807, 2.05) is 6.92 Å². The van der Waals surface area contributed by atoms with Crippen molar-refractivity contribution < 1.29 is 5.11 Å². The van der Waals surface area contributed by atoms with Gasteiger partial charge in [-0.05, 0) is 13.8 Å². The number of hydrogen-bond donors (Lipinski definition) is 2. The maximum absolute atomic E-state index is 9.57. The third kappa shape index (κ3) is 2.10. The summed E-state index contributed by atoms with van der Waals surface area (Å²) in [5.41, 5.74) is 0. The second kappa shape index (κ2) is 4.16. The van der Waals surface area contributed by atoms with Gasteiger partial charge in [0.25, 0.3) is 0 Å². The Labute approximate surface area is 88.9 Å². The largest absolute Gasteiger partial charge is 0.372 e. The summed E-state index contributed by atoms with van der Waals surface area (Å²) < 4.78 is 1.57. The smallest absolute Gasteiger partial charge is 0.226 e. The van der Waals surface area contributed by atoms with Crippen LogP contribution in [0.15, 0.2) is 0 Å². The highest BCUT2D eigenvalue weighted by Gasteiger charge is 2.19. The van der Waals surface area contributed by atoms with E-state index in [1.165, 1.54) is 0 Å². The van der Waals surface area contributed by atoms with Crippen LogP contribution >= 0.6 is 0 Å². The first-order valence-corrected chi connectivity index (χ1v) is 5.25. The van der Waals surface area contributed by atoms with Crippen molar-refractivity contribution in [2.45, 2.75) is 20.1 Å². The SMILES string of the molecule is Cc1nc(N2CCNCC2)n(C(C)O)n1. The third-order valence-corrected chi connectivity index (χ3v) is 2.47. The van der Waals surface area contributed by atoms with E-state index < -0.39 is 6.23 Å². The van der Waals surface area contributed by atoms with Crippen molar-refractivity contribution in [2.24, 2.45) is 0 Å². The number of anilines is 1. The summed E-state index contributed by atoms with van der Waals surface area (Å²) in [6, 6.07) is 0. The summed E-state index contributed by atoms with van der Waals surface area (Å²) in [5, 5.41) is 17.0. The molecule has 2 rings (SSSR count). The van der Waals surface area contributed by atoms with Gasteiger partial charge in [-0.1, -0.05) is 0 Å². The molecule has 0 radical (unpaired) electrons. The quantitative estimate of drug-likeness (QED) is 0.691. The highest BCUT2D eigenvalue weighted by molar-refractivity contribution is 5.31. The highest BCUT2D eigenvalue weighted by atomic mass is 16.3.